The molecule has 21 heavy (non-hydrogen) atoms. The average Bonchev–Trinajstić information content (AvgIpc) is 2.86. The molecule has 1 amide bonds. The van der Waals surface area contributed by atoms with Crippen molar-refractivity contribution in [1.82, 2.24) is 10.3 Å². The van der Waals surface area contributed by atoms with E-state index in [1.165, 1.54) is 0 Å². The second-order valence-electron chi connectivity index (χ2n) is 5.56. The van der Waals surface area contributed by atoms with Crippen molar-refractivity contribution in [2.45, 2.75) is 45.6 Å². The van der Waals surface area contributed by atoms with Crippen LogP contribution < -0.4 is 11.1 Å². The number of nitrogens with two attached hydrogens (primary N) is 1. The Morgan fingerprint density at radius 3 is 2.57 bits per heavy atom. The van der Waals surface area contributed by atoms with Crippen LogP contribution in [0.5, 0.6) is 0 Å². The van der Waals surface area contributed by atoms with E-state index in [9.17, 15) is 9.59 Å². The third kappa shape index (κ3) is 3.41. The smallest absolute Gasteiger partial charge is 0.347 e. The zero-order chi connectivity index (χ0) is 15.5. The molecule has 0 spiro atoms. The van der Waals surface area contributed by atoms with Crippen LogP contribution in [0.2, 0.25) is 0 Å². The largest absolute Gasteiger partial charge is 0.477 e. The summed E-state index contributed by atoms with van der Waals surface area (Å²) in [5.74, 6) is -1.01. The van der Waals surface area contributed by atoms with Gasteiger partial charge in [0.15, 0.2) is 0 Å². The highest BCUT2D eigenvalue weighted by atomic mass is 32.1. The number of amides is 1. The van der Waals surface area contributed by atoms with Crippen molar-refractivity contribution in [2.75, 3.05) is 6.54 Å². The number of aromatic nitrogens is 1. The van der Waals surface area contributed by atoms with Gasteiger partial charge in [-0.15, -0.1) is 11.3 Å². The molecular formula is C14H21N3O3S. The van der Waals surface area contributed by atoms with E-state index >= 15 is 0 Å². The Balaban J connectivity index is 2.00. The van der Waals surface area contributed by atoms with Gasteiger partial charge in [-0.3, -0.25) is 4.79 Å². The standard InChI is InChI=1S/C14H21N3O3S/c1-9-11(12(18)19)21-10(17-9)7-16-13(20)14(8-15)5-3-2-4-6-14/h2-8,15H2,1H3,(H,16,20)(H,18,19). The SMILES string of the molecule is Cc1nc(CNC(=O)C2(CN)CCCCC2)sc1C(=O)O. The maximum Gasteiger partial charge on any atom is 0.347 e. The Hall–Kier alpha value is -1.47. The van der Waals surface area contributed by atoms with Gasteiger partial charge in [-0.25, -0.2) is 9.78 Å². The Morgan fingerprint density at radius 1 is 1.38 bits per heavy atom. The predicted octanol–water partition coefficient (Wildman–Crippen LogP) is 1.68. The first-order chi connectivity index (χ1) is 9.98. The fourth-order valence-electron chi connectivity index (χ4n) is 2.82. The molecular weight excluding hydrogens is 290 g/mol. The molecule has 2 rings (SSSR count). The number of carbonyl (C=O) groups excluding carboxylic acids is 1. The number of rotatable bonds is 5. The van der Waals surface area contributed by atoms with Crippen LogP contribution in [0.15, 0.2) is 0 Å². The van der Waals surface area contributed by atoms with Gasteiger partial charge in [0.1, 0.15) is 9.88 Å². The van der Waals surface area contributed by atoms with Gasteiger partial charge in [0.25, 0.3) is 0 Å². The first kappa shape index (κ1) is 15.9. The van der Waals surface area contributed by atoms with Crippen molar-refractivity contribution in [3.8, 4) is 0 Å². The molecule has 6 nitrogen and oxygen atoms in total. The van der Waals surface area contributed by atoms with E-state index in [4.69, 9.17) is 10.8 Å². The molecule has 0 aliphatic heterocycles. The minimum absolute atomic E-state index is 0.0329. The Kier molecular flexibility index (Phi) is 4.95. The first-order valence-electron chi connectivity index (χ1n) is 7.16. The Labute approximate surface area is 127 Å². The number of aromatic carboxylic acids is 1. The number of carboxylic acids is 1. The number of thiazole rings is 1. The summed E-state index contributed by atoms with van der Waals surface area (Å²) < 4.78 is 0. The summed E-state index contributed by atoms with van der Waals surface area (Å²) in [5.41, 5.74) is 5.86. The lowest BCUT2D eigenvalue weighted by Gasteiger charge is -2.34. The highest BCUT2D eigenvalue weighted by Crippen LogP contribution is 2.35. The Bertz CT molecular complexity index is 536. The van der Waals surface area contributed by atoms with E-state index in [1.807, 2.05) is 0 Å². The van der Waals surface area contributed by atoms with Gasteiger partial charge >= 0.3 is 5.97 Å². The average molecular weight is 311 g/mol. The maximum atomic E-state index is 12.4. The zero-order valence-corrected chi connectivity index (χ0v) is 13.0. The third-order valence-corrected chi connectivity index (χ3v) is 5.26. The van der Waals surface area contributed by atoms with E-state index in [2.05, 4.69) is 10.3 Å². The minimum atomic E-state index is -0.978. The van der Waals surface area contributed by atoms with Crippen LogP contribution in [0.25, 0.3) is 0 Å². The summed E-state index contributed by atoms with van der Waals surface area (Å²) >= 11 is 1.11. The number of aryl methyl sites for hydroxylation is 1. The number of hydrogen-bond donors (Lipinski definition) is 3. The summed E-state index contributed by atoms with van der Waals surface area (Å²) in [6.45, 7) is 2.28. The fourth-order valence-corrected chi connectivity index (χ4v) is 3.67. The quantitative estimate of drug-likeness (QED) is 0.767. The topological polar surface area (TPSA) is 105 Å². The Morgan fingerprint density at radius 2 is 2.05 bits per heavy atom. The van der Waals surface area contributed by atoms with Crippen molar-refractivity contribution in [3.63, 3.8) is 0 Å². The van der Waals surface area contributed by atoms with Gasteiger partial charge in [-0.05, 0) is 19.8 Å². The van der Waals surface area contributed by atoms with Gasteiger partial charge < -0.3 is 16.2 Å². The molecule has 1 fully saturated rings. The predicted molar refractivity (Wildman–Crippen MR) is 80.2 cm³/mol. The highest BCUT2D eigenvalue weighted by Gasteiger charge is 2.37. The van der Waals surface area contributed by atoms with Crippen LogP contribution in [-0.2, 0) is 11.3 Å². The second kappa shape index (κ2) is 6.53. The summed E-state index contributed by atoms with van der Waals surface area (Å²) in [5, 5.41) is 12.5. The van der Waals surface area contributed by atoms with E-state index in [0.29, 0.717) is 17.2 Å². The van der Waals surface area contributed by atoms with Gasteiger partial charge in [-0.1, -0.05) is 19.3 Å². The van der Waals surface area contributed by atoms with Crippen LogP contribution in [0, 0.1) is 12.3 Å². The molecule has 0 saturated heterocycles. The fraction of sp³-hybridized carbons (Fsp3) is 0.643. The molecule has 4 N–H and O–H groups in total. The third-order valence-electron chi connectivity index (χ3n) is 4.12. The lowest BCUT2D eigenvalue weighted by Crippen LogP contribution is -2.46. The number of hydrogen-bond acceptors (Lipinski definition) is 5. The molecule has 1 aliphatic rings. The van der Waals surface area contributed by atoms with Crippen molar-refractivity contribution in [3.05, 3.63) is 15.6 Å². The lowest BCUT2D eigenvalue weighted by molar-refractivity contribution is -0.132. The van der Waals surface area contributed by atoms with Crippen molar-refractivity contribution in [1.29, 1.82) is 0 Å². The molecule has 0 unspecified atom stereocenters. The molecule has 0 radical (unpaired) electrons. The van der Waals surface area contributed by atoms with Crippen LogP contribution in [0.1, 0.15) is 52.5 Å². The van der Waals surface area contributed by atoms with Gasteiger partial charge in [0.2, 0.25) is 5.91 Å². The molecule has 0 aromatic carbocycles. The molecule has 0 atom stereocenters. The summed E-state index contributed by atoms with van der Waals surface area (Å²) in [4.78, 5) is 27.8. The molecule has 1 aliphatic carbocycles. The lowest BCUT2D eigenvalue weighted by atomic mass is 9.73. The van der Waals surface area contributed by atoms with Crippen molar-refractivity contribution >= 4 is 23.2 Å². The monoisotopic (exact) mass is 311 g/mol. The van der Waals surface area contributed by atoms with Crippen LogP contribution in [0.4, 0.5) is 0 Å². The summed E-state index contributed by atoms with van der Waals surface area (Å²) in [6.07, 6.45) is 4.87. The van der Waals surface area contributed by atoms with Crippen LogP contribution >= 0.6 is 11.3 Å². The number of carboxylic acid groups (broad SMARTS) is 1. The molecule has 116 valence electrons. The van der Waals surface area contributed by atoms with Crippen molar-refractivity contribution in [2.24, 2.45) is 11.1 Å². The molecule has 1 aromatic heterocycles. The molecule has 1 aromatic rings. The normalized spacial score (nSPS) is 17.4. The second-order valence-corrected chi connectivity index (χ2v) is 6.64. The van der Waals surface area contributed by atoms with E-state index in [1.54, 1.807) is 6.92 Å². The van der Waals surface area contributed by atoms with Gasteiger partial charge in [-0.2, -0.15) is 0 Å². The van der Waals surface area contributed by atoms with Crippen LogP contribution in [0.3, 0.4) is 0 Å². The minimum Gasteiger partial charge on any atom is -0.477 e. The molecule has 1 heterocycles. The molecule has 0 bridgehead atoms. The summed E-state index contributed by atoms with van der Waals surface area (Å²) in [6, 6.07) is 0. The van der Waals surface area contributed by atoms with E-state index < -0.39 is 11.4 Å². The van der Waals surface area contributed by atoms with Crippen molar-refractivity contribution < 1.29 is 14.7 Å². The summed E-state index contributed by atoms with van der Waals surface area (Å²) in [7, 11) is 0. The first-order valence-corrected chi connectivity index (χ1v) is 7.98. The molecule has 7 heteroatoms. The van der Waals surface area contributed by atoms with Gasteiger partial charge in [0, 0.05) is 6.54 Å². The number of nitrogens with zero attached hydrogens (tertiary/aromatic N) is 1. The molecule has 1 saturated carbocycles. The number of nitrogens with one attached hydrogen (secondary N) is 1. The highest BCUT2D eigenvalue weighted by molar-refractivity contribution is 7.13. The maximum absolute atomic E-state index is 12.4. The van der Waals surface area contributed by atoms with Gasteiger partial charge in [0.05, 0.1) is 17.7 Å². The van der Waals surface area contributed by atoms with Crippen LogP contribution in [-0.4, -0.2) is 28.5 Å². The zero-order valence-electron chi connectivity index (χ0n) is 12.1. The number of carbonyl (C=O) groups is 2. The van der Waals surface area contributed by atoms with E-state index in [-0.39, 0.29) is 17.3 Å². The van der Waals surface area contributed by atoms with E-state index in [0.717, 1.165) is 43.4 Å².